The Morgan fingerprint density at radius 1 is 1.32 bits per heavy atom. The topological polar surface area (TPSA) is 90.9 Å². The largest absolute Gasteiger partial charge is 0.357 e. The lowest BCUT2D eigenvalue weighted by atomic mass is 10.1. The second-order valence-corrected chi connectivity index (χ2v) is 10.1. The van der Waals surface area contributed by atoms with Crippen LogP contribution in [0, 0.1) is 5.82 Å². The van der Waals surface area contributed by atoms with Crippen LogP contribution in [0.5, 0.6) is 0 Å². The van der Waals surface area contributed by atoms with Crippen LogP contribution in [0.4, 0.5) is 4.39 Å². The molecule has 0 unspecified atom stereocenters. The fourth-order valence-corrected chi connectivity index (χ4v) is 4.37. The molecule has 1 aromatic carbocycles. The molecule has 0 aromatic heterocycles. The van der Waals surface area contributed by atoms with E-state index in [9.17, 15) is 17.6 Å². The Bertz CT molecular complexity index is 824. The summed E-state index contributed by atoms with van der Waals surface area (Å²) in [6, 6.07) is 5.96. The predicted molar refractivity (Wildman–Crippen MR) is 109 cm³/mol. The molecule has 1 aliphatic heterocycles. The number of hydrogen-bond acceptors (Lipinski definition) is 4. The Kier molecular flexibility index (Phi) is 7.40. The summed E-state index contributed by atoms with van der Waals surface area (Å²) in [4.78, 5) is 18.4. The van der Waals surface area contributed by atoms with E-state index in [1.54, 1.807) is 26.0 Å². The zero-order chi connectivity index (χ0) is 20.8. The predicted octanol–water partition coefficient (Wildman–Crippen LogP) is 0.959. The van der Waals surface area contributed by atoms with Crippen LogP contribution < -0.4 is 10.6 Å². The molecule has 2 rings (SSSR count). The first kappa shape index (κ1) is 22.1. The average molecular weight is 413 g/mol. The van der Waals surface area contributed by atoms with Gasteiger partial charge in [-0.3, -0.25) is 9.79 Å². The van der Waals surface area contributed by atoms with Crippen molar-refractivity contribution in [3.05, 3.63) is 35.6 Å². The Morgan fingerprint density at radius 2 is 2.07 bits per heavy atom. The molecular formula is C19H29FN4O3S. The van der Waals surface area contributed by atoms with Gasteiger partial charge in [-0.1, -0.05) is 12.1 Å². The molecule has 7 nitrogen and oxygen atoms in total. The molecule has 28 heavy (non-hydrogen) atoms. The zero-order valence-corrected chi connectivity index (χ0v) is 17.5. The number of amides is 1. The third-order valence-electron chi connectivity index (χ3n) is 4.63. The molecular weight excluding hydrogens is 383 g/mol. The fraction of sp³-hybridized carbons (Fsp3) is 0.579. The summed E-state index contributed by atoms with van der Waals surface area (Å²) in [5.74, 6) is 0.173. The number of guanidine groups is 1. The summed E-state index contributed by atoms with van der Waals surface area (Å²) in [6.07, 6.45) is 0.111. The van der Waals surface area contributed by atoms with Crippen molar-refractivity contribution >= 4 is 21.7 Å². The molecule has 0 radical (unpaired) electrons. The molecule has 1 heterocycles. The van der Waals surface area contributed by atoms with E-state index in [0.717, 1.165) is 0 Å². The smallest absolute Gasteiger partial charge is 0.224 e. The minimum atomic E-state index is -3.12. The molecule has 0 aliphatic carbocycles. The summed E-state index contributed by atoms with van der Waals surface area (Å²) in [5.41, 5.74) is 0.617. The molecule has 1 fully saturated rings. The second-order valence-electron chi connectivity index (χ2n) is 7.39. The number of nitrogens with zero attached hydrogens (tertiary/aromatic N) is 2. The van der Waals surface area contributed by atoms with E-state index < -0.39 is 14.6 Å². The third-order valence-corrected chi connectivity index (χ3v) is 7.16. The minimum absolute atomic E-state index is 0.0920. The fourth-order valence-electron chi connectivity index (χ4n) is 3.00. The average Bonchev–Trinajstić information content (AvgIpc) is 2.60. The maximum Gasteiger partial charge on any atom is 0.224 e. The van der Waals surface area contributed by atoms with Gasteiger partial charge in [0, 0.05) is 26.2 Å². The van der Waals surface area contributed by atoms with Gasteiger partial charge in [0.1, 0.15) is 5.82 Å². The van der Waals surface area contributed by atoms with Gasteiger partial charge in [-0.25, -0.2) is 12.8 Å². The number of nitrogens with one attached hydrogen (secondary N) is 2. The van der Waals surface area contributed by atoms with Crippen molar-refractivity contribution in [3.63, 3.8) is 0 Å². The van der Waals surface area contributed by atoms with E-state index in [2.05, 4.69) is 15.6 Å². The van der Waals surface area contributed by atoms with Crippen LogP contribution in [0.15, 0.2) is 29.3 Å². The van der Waals surface area contributed by atoms with Crippen molar-refractivity contribution < 1.29 is 17.6 Å². The third kappa shape index (κ3) is 5.92. The highest BCUT2D eigenvalue weighted by atomic mass is 32.2. The number of carbonyl (C=O) groups excluding carboxylic acids is 1. The Labute approximate surface area is 166 Å². The van der Waals surface area contributed by atoms with Crippen molar-refractivity contribution in [2.75, 3.05) is 38.5 Å². The van der Waals surface area contributed by atoms with E-state index in [-0.39, 0.29) is 23.9 Å². The molecule has 0 bridgehead atoms. The number of rotatable bonds is 6. The van der Waals surface area contributed by atoms with Gasteiger partial charge in [0.2, 0.25) is 5.91 Å². The van der Waals surface area contributed by atoms with Gasteiger partial charge in [0.05, 0.1) is 23.5 Å². The van der Waals surface area contributed by atoms with Crippen molar-refractivity contribution in [2.45, 2.75) is 31.9 Å². The van der Waals surface area contributed by atoms with Gasteiger partial charge in [-0.05, 0) is 38.5 Å². The van der Waals surface area contributed by atoms with Crippen LogP contribution in [0.2, 0.25) is 0 Å². The molecule has 0 spiro atoms. The molecule has 156 valence electrons. The Balaban J connectivity index is 1.88. The van der Waals surface area contributed by atoms with Gasteiger partial charge < -0.3 is 15.5 Å². The molecule has 9 heteroatoms. The van der Waals surface area contributed by atoms with E-state index in [1.165, 1.54) is 12.1 Å². The Hall–Kier alpha value is -2.16. The van der Waals surface area contributed by atoms with Crippen molar-refractivity contribution in [3.8, 4) is 0 Å². The number of carbonyl (C=O) groups is 1. The normalized spacial score (nSPS) is 18.6. The lowest BCUT2D eigenvalue weighted by Gasteiger charge is -2.39. The van der Waals surface area contributed by atoms with Crippen LogP contribution in [0.25, 0.3) is 0 Å². The van der Waals surface area contributed by atoms with Crippen LogP contribution >= 0.6 is 0 Å². The quantitative estimate of drug-likeness (QED) is 0.413. The van der Waals surface area contributed by atoms with Crippen molar-refractivity contribution in [1.29, 1.82) is 0 Å². The first-order valence-electron chi connectivity index (χ1n) is 9.41. The summed E-state index contributed by atoms with van der Waals surface area (Å²) < 4.78 is 36.7. The maximum absolute atomic E-state index is 13.2. The lowest BCUT2D eigenvalue weighted by molar-refractivity contribution is -0.120. The van der Waals surface area contributed by atoms with E-state index >= 15 is 0 Å². The van der Waals surface area contributed by atoms with Gasteiger partial charge in [0.15, 0.2) is 15.8 Å². The highest BCUT2D eigenvalue weighted by molar-refractivity contribution is 7.92. The first-order valence-corrected chi connectivity index (χ1v) is 11.1. The highest BCUT2D eigenvalue weighted by Crippen LogP contribution is 2.23. The molecule has 0 saturated carbocycles. The van der Waals surface area contributed by atoms with Crippen LogP contribution in [-0.4, -0.2) is 68.4 Å². The van der Waals surface area contributed by atoms with Gasteiger partial charge in [0.25, 0.3) is 0 Å². The summed E-state index contributed by atoms with van der Waals surface area (Å²) >= 11 is 0. The number of benzene rings is 1. The van der Waals surface area contributed by atoms with Crippen LogP contribution in [0.3, 0.4) is 0 Å². The zero-order valence-electron chi connectivity index (χ0n) is 16.7. The summed E-state index contributed by atoms with van der Waals surface area (Å²) in [6.45, 7) is 7.53. The standard InChI is InChI=1S/C19H29FN4O3S/c1-4-21-18(24-10-11-28(26,27)19(2,3)14-24)23-9-8-22-17(25)13-15-6-5-7-16(20)12-15/h5-7,12H,4,8-11,13-14H2,1-3H3,(H,21,23)(H,22,25). The molecule has 1 aliphatic rings. The van der Waals surface area contributed by atoms with Crippen LogP contribution in [-0.2, 0) is 21.1 Å². The SMILES string of the molecule is CCNC(=NCCNC(=O)Cc1cccc(F)c1)N1CCS(=O)(=O)C(C)(C)C1. The first-order chi connectivity index (χ1) is 13.1. The molecule has 2 N–H and O–H groups in total. The van der Waals surface area contributed by atoms with Crippen molar-refractivity contribution in [1.82, 2.24) is 15.5 Å². The highest BCUT2D eigenvalue weighted by Gasteiger charge is 2.40. The minimum Gasteiger partial charge on any atom is -0.357 e. The van der Waals surface area contributed by atoms with Gasteiger partial charge in [-0.2, -0.15) is 0 Å². The second kappa shape index (κ2) is 9.36. The van der Waals surface area contributed by atoms with Gasteiger partial charge >= 0.3 is 0 Å². The summed E-state index contributed by atoms with van der Waals surface area (Å²) in [7, 11) is -3.12. The van der Waals surface area contributed by atoms with Crippen molar-refractivity contribution in [2.24, 2.45) is 4.99 Å². The Morgan fingerprint density at radius 3 is 2.71 bits per heavy atom. The molecule has 0 atom stereocenters. The van der Waals surface area contributed by atoms with Gasteiger partial charge in [-0.15, -0.1) is 0 Å². The summed E-state index contributed by atoms with van der Waals surface area (Å²) in [5, 5.41) is 5.95. The van der Waals surface area contributed by atoms with E-state index in [1.807, 2.05) is 11.8 Å². The molecule has 1 amide bonds. The van der Waals surface area contributed by atoms with E-state index in [0.29, 0.717) is 44.2 Å². The lowest BCUT2D eigenvalue weighted by Crippen LogP contribution is -2.57. The van der Waals surface area contributed by atoms with Crippen LogP contribution in [0.1, 0.15) is 26.3 Å². The maximum atomic E-state index is 13.2. The number of halogens is 1. The monoisotopic (exact) mass is 412 g/mol. The number of hydrogen-bond donors (Lipinski definition) is 2. The molecule has 1 saturated heterocycles. The molecule has 1 aromatic rings. The number of sulfone groups is 1. The van der Waals surface area contributed by atoms with E-state index in [4.69, 9.17) is 0 Å². The number of aliphatic imine (C=N–C) groups is 1.